The van der Waals surface area contributed by atoms with Gasteiger partial charge in [-0.2, -0.15) is 0 Å². The van der Waals surface area contributed by atoms with Crippen molar-refractivity contribution >= 4 is 28.3 Å². The summed E-state index contributed by atoms with van der Waals surface area (Å²) in [5, 5.41) is 18.0. The average Bonchev–Trinajstić information content (AvgIpc) is 3.12. The number of hydrogen-bond acceptors (Lipinski definition) is 6. The first kappa shape index (κ1) is 20.2. The van der Waals surface area contributed by atoms with Gasteiger partial charge in [-0.05, 0) is 25.0 Å². The van der Waals surface area contributed by atoms with Crippen molar-refractivity contribution in [2.75, 3.05) is 44.6 Å². The van der Waals surface area contributed by atoms with Crippen molar-refractivity contribution < 1.29 is 9.52 Å². The molecule has 1 aliphatic carbocycles. The van der Waals surface area contributed by atoms with Gasteiger partial charge in [-0.25, -0.2) is 0 Å². The topological polar surface area (TPSA) is 63.9 Å². The smallest absolute Gasteiger partial charge is 0.142 e. The van der Waals surface area contributed by atoms with Gasteiger partial charge in [0.15, 0.2) is 0 Å². The van der Waals surface area contributed by atoms with Crippen LogP contribution in [0.2, 0.25) is 5.02 Å². The first-order chi connectivity index (χ1) is 14.6. The Balaban J connectivity index is 1.47. The third kappa shape index (κ3) is 3.60. The van der Waals surface area contributed by atoms with Crippen LogP contribution in [0, 0.1) is 0 Å². The number of β-amino-alcohol motifs (C(OH)–C–C–N with tert-alkyl or cyclic N) is 1. The fourth-order valence-corrected chi connectivity index (χ4v) is 5.72. The van der Waals surface area contributed by atoms with Crippen molar-refractivity contribution in [1.29, 1.82) is 0 Å². The molecule has 3 heterocycles. The van der Waals surface area contributed by atoms with Crippen LogP contribution in [0.5, 0.6) is 0 Å². The average molecular weight is 431 g/mol. The van der Waals surface area contributed by atoms with Gasteiger partial charge >= 0.3 is 0 Å². The quantitative estimate of drug-likeness (QED) is 0.685. The molecule has 1 saturated heterocycles. The van der Waals surface area contributed by atoms with Crippen LogP contribution < -0.4 is 10.6 Å². The van der Waals surface area contributed by atoms with Crippen LogP contribution in [-0.2, 0) is 12.1 Å². The first-order valence-corrected chi connectivity index (χ1v) is 11.5. The fraction of sp³-hybridized carbons (Fsp3) is 0.565. The normalized spacial score (nSPS) is 22.1. The molecule has 2 aliphatic heterocycles. The highest BCUT2D eigenvalue weighted by molar-refractivity contribution is 6.34. The number of fused-ring (bicyclic) bond motifs is 4. The Morgan fingerprint density at radius 2 is 1.83 bits per heavy atom. The summed E-state index contributed by atoms with van der Waals surface area (Å²) in [5.74, 6) is 1.80. The van der Waals surface area contributed by atoms with Crippen molar-refractivity contribution in [2.45, 2.75) is 44.2 Å². The van der Waals surface area contributed by atoms with Crippen molar-refractivity contribution in [3.8, 4) is 0 Å². The van der Waals surface area contributed by atoms with E-state index in [1.807, 2.05) is 6.07 Å². The van der Waals surface area contributed by atoms with Crippen molar-refractivity contribution in [1.82, 2.24) is 15.1 Å². The van der Waals surface area contributed by atoms with E-state index >= 15 is 0 Å². The van der Waals surface area contributed by atoms with Gasteiger partial charge in [-0.15, -0.1) is 0 Å². The number of nitrogens with zero attached hydrogens (tertiary/aromatic N) is 2. The summed E-state index contributed by atoms with van der Waals surface area (Å²) in [7, 11) is 0. The number of furan rings is 1. The van der Waals surface area contributed by atoms with E-state index in [0.717, 1.165) is 85.4 Å². The summed E-state index contributed by atoms with van der Waals surface area (Å²) < 4.78 is 6.50. The SMILES string of the molecule is C=C1Nc2c(Cl)cc3cc(CN4CCN(CCO)CC4)oc3c2C2(CCCCC2)N1. The second-order valence-electron chi connectivity index (χ2n) is 8.95. The lowest BCUT2D eigenvalue weighted by Crippen LogP contribution is -2.48. The van der Waals surface area contributed by atoms with E-state index in [1.54, 1.807) is 0 Å². The van der Waals surface area contributed by atoms with Crippen LogP contribution >= 0.6 is 11.6 Å². The summed E-state index contributed by atoms with van der Waals surface area (Å²) in [4.78, 5) is 4.73. The maximum atomic E-state index is 9.14. The van der Waals surface area contributed by atoms with Crippen LogP contribution in [0.15, 0.2) is 28.9 Å². The minimum Gasteiger partial charge on any atom is -0.459 e. The summed E-state index contributed by atoms with van der Waals surface area (Å²) >= 11 is 6.73. The number of aliphatic hydroxyl groups excluding tert-OH is 1. The van der Waals surface area contributed by atoms with Gasteiger partial charge in [0.2, 0.25) is 0 Å². The van der Waals surface area contributed by atoms with Crippen molar-refractivity contribution in [2.24, 2.45) is 0 Å². The lowest BCUT2D eigenvalue weighted by atomic mass is 9.74. The Bertz CT molecular complexity index is 942. The fourth-order valence-electron chi connectivity index (χ4n) is 5.46. The van der Waals surface area contributed by atoms with Gasteiger partial charge in [-0.3, -0.25) is 9.80 Å². The largest absolute Gasteiger partial charge is 0.459 e. The number of benzene rings is 1. The summed E-state index contributed by atoms with van der Waals surface area (Å²) in [6, 6.07) is 4.17. The molecule has 162 valence electrons. The van der Waals surface area contributed by atoms with Gasteiger partial charge in [0.05, 0.1) is 35.2 Å². The highest BCUT2D eigenvalue weighted by Crippen LogP contribution is 2.49. The van der Waals surface area contributed by atoms with Crippen molar-refractivity contribution in [3.63, 3.8) is 0 Å². The van der Waals surface area contributed by atoms with Crippen LogP contribution in [0.3, 0.4) is 0 Å². The predicted molar refractivity (Wildman–Crippen MR) is 121 cm³/mol. The zero-order chi connectivity index (χ0) is 20.7. The molecule has 0 radical (unpaired) electrons. The van der Waals surface area contributed by atoms with Crippen LogP contribution in [0.1, 0.15) is 43.4 Å². The molecule has 0 atom stereocenters. The lowest BCUT2D eigenvalue weighted by molar-refractivity contribution is 0.104. The molecule has 1 spiro atoms. The van der Waals surface area contributed by atoms with Gasteiger partial charge in [0, 0.05) is 43.7 Å². The maximum Gasteiger partial charge on any atom is 0.142 e. The van der Waals surface area contributed by atoms with Crippen LogP contribution in [0.25, 0.3) is 11.0 Å². The summed E-state index contributed by atoms with van der Waals surface area (Å²) in [6.45, 7) is 9.89. The van der Waals surface area contributed by atoms with Crippen LogP contribution in [0.4, 0.5) is 5.69 Å². The second-order valence-corrected chi connectivity index (χ2v) is 9.36. The molecule has 3 N–H and O–H groups in total. The molecular formula is C23H31ClN4O2. The molecule has 30 heavy (non-hydrogen) atoms. The molecule has 6 nitrogen and oxygen atoms in total. The molecule has 3 aliphatic rings. The number of anilines is 1. The van der Waals surface area contributed by atoms with Gasteiger partial charge in [0.25, 0.3) is 0 Å². The highest BCUT2D eigenvalue weighted by atomic mass is 35.5. The number of rotatable bonds is 4. The number of aliphatic hydroxyl groups is 1. The number of nitrogens with one attached hydrogen (secondary N) is 2. The molecule has 1 aromatic heterocycles. The Hall–Kier alpha value is -1.73. The monoisotopic (exact) mass is 430 g/mol. The zero-order valence-electron chi connectivity index (χ0n) is 17.5. The molecule has 5 rings (SSSR count). The Kier molecular flexibility index (Phi) is 5.44. The van der Waals surface area contributed by atoms with E-state index in [9.17, 15) is 0 Å². The molecule has 7 heteroatoms. The van der Waals surface area contributed by atoms with Crippen molar-refractivity contribution in [3.05, 3.63) is 40.9 Å². The summed E-state index contributed by atoms with van der Waals surface area (Å²) in [6.07, 6.45) is 5.80. The van der Waals surface area contributed by atoms with Gasteiger partial charge in [0.1, 0.15) is 11.3 Å². The van der Waals surface area contributed by atoms with Gasteiger partial charge in [-0.1, -0.05) is 37.4 Å². The van der Waals surface area contributed by atoms with E-state index in [1.165, 1.54) is 24.8 Å². The maximum absolute atomic E-state index is 9.14. The molecular weight excluding hydrogens is 400 g/mol. The van der Waals surface area contributed by atoms with Crippen LogP contribution in [-0.4, -0.2) is 54.2 Å². The minimum atomic E-state index is -0.149. The third-order valence-electron chi connectivity index (χ3n) is 6.92. The molecule has 0 bridgehead atoms. The van der Waals surface area contributed by atoms with E-state index in [-0.39, 0.29) is 12.1 Å². The third-order valence-corrected chi connectivity index (χ3v) is 7.22. The number of halogens is 1. The molecule has 1 aromatic carbocycles. The number of hydrogen-bond donors (Lipinski definition) is 3. The molecule has 1 saturated carbocycles. The Labute approximate surface area is 182 Å². The molecule has 2 aromatic rings. The van der Waals surface area contributed by atoms with E-state index in [4.69, 9.17) is 21.1 Å². The second kappa shape index (κ2) is 8.08. The van der Waals surface area contributed by atoms with E-state index < -0.39 is 0 Å². The van der Waals surface area contributed by atoms with E-state index in [0.29, 0.717) is 0 Å². The Morgan fingerprint density at radius 3 is 2.57 bits per heavy atom. The molecule has 2 fully saturated rings. The molecule has 0 unspecified atom stereocenters. The minimum absolute atomic E-state index is 0.149. The lowest BCUT2D eigenvalue weighted by Gasteiger charge is -2.44. The first-order valence-electron chi connectivity index (χ1n) is 11.1. The number of piperazine rings is 1. The zero-order valence-corrected chi connectivity index (χ0v) is 18.2. The van der Waals surface area contributed by atoms with Gasteiger partial charge < -0.3 is 20.2 Å². The standard InChI is InChI=1S/C23H31ClN4O2/c1-16-25-21-19(24)14-17-13-18(15-28-9-7-27(8-10-28)11-12-29)30-22(17)20(21)23(26-16)5-3-2-4-6-23/h13-14,25-26,29H,1-12,15H2. The summed E-state index contributed by atoms with van der Waals surface area (Å²) in [5.41, 5.74) is 2.94. The predicted octanol–water partition coefficient (Wildman–Crippen LogP) is 3.84. The molecule has 0 amide bonds. The van der Waals surface area contributed by atoms with E-state index in [2.05, 4.69) is 33.1 Å². The highest BCUT2D eigenvalue weighted by Gasteiger charge is 2.42. The Morgan fingerprint density at radius 1 is 1.10 bits per heavy atom.